The molecule has 0 aliphatic carbocycles. The van der Waals surface area contributed by atoms with Crippen molar-refractivity contribution in [1.82, 2.24) is 4.72 Å². The Balaban J connectivity index is 0.00000280. The second-order valence-electron chi connectivity index (χ2n) is 6.35. The highest BCUT2D eigenvalue weighted by atomic mass is 35.5. The Morgan fingerprint density at radius 1 is 1.14 bits per heavy atom. The summed E-state index contributed by atoms with van der Waals surface area (Å²) in [5, 5.41) is 2.68. The highest BCUT2D eigenvalue weighted by molar-refractivity contribution is 7.90. The number of rotatable bonds is 6. The van der Waals surface area contributed by atoms with Crippen LogP contribution in [0.15, 0.2) is 64.5 Å². The first-order valence-corrected chi connectivity index (χ1v) is 10.2. The number of carbonyl (C=O) groups excluding carboxylic acids is 1. The molecular weight excluding hydrogens is 400 g/mol. The molecule has 0 spiro atoms. The number of nitrogens with one attached hydrogen (secondary N) is 2. The van der Waals surface area contributed by atoms with Crippen LogP contribution in [0.2, 0.25) is 0 Å². The molecule has 1 atom stereocenters. The van der Waals surface area contributed by atoms with Gasteiger partial charge in [-0.15, -0.1) is 12.4 Å². The summed E-state index contributed by atoms with van der Waals surface area (Å²) < 4.78 is 27.4. The Hall–Kier alpha value is -2.42. The van der Waals surface area contributed by atoms with E-state index in [1.54, 1.807) is 12.1 Å². The third-order valence-electron chi connectivity index (χ3n) is 4.17. The topological polar surface area (TPSA) is 114 Å². The summed E-state index contributed by atoms with van der Waals surface area (Å²) in [5.41, 5.74) is 7.30. The van der Waals surface area contributed by atoms with Crippen LogP contribution in [0.25, 0.3) is 0 Å². The highest BCUT2D eigenvalue weighted by Gasteiger charge is 2.19. The number of anilines is 1. The van der Waals surface area contributed by atoms with Crippen molar-refractivity contribution in [3.63, 3.8) is 0 Å². The van der Waals surface area contributed by atoms with E-state index in [1.807, 2.05) is 30.3 Å². The van der Waals surface area contributed by atoms with Crippen LogP contribution in [0.4, 0.5) is 5.69 Å². The van der Waals surface area contributed by atoms with E-state index in [4.69, 9.17) is 5.73 Å². The van der Waals surface area contributed by atoms with E-state index in [0.29, 0.717) is 30.9 Å². The van der Waals surface area contributed by atoms with E-state index in [2.05, 4.69) is 15.0 Å². The first-order chi connectivity index (χ1) is 12.9. The molecule has 2 aromatic carbocycles. The number of carbonyl (C=O) groups is 1. The Kier molecular flexibility index (Phi) is 7.56. The minimum Gasteiger partial charge on any atom is -0.325 e. The summed E-state index contributed by atoms with van der Waals surface area (Å²) >= 11 is 0. The van der Waals surface area contributed by atoms with E-state index in [0.717, 1.165) is 12.0 Å². The number of nitrogens with two attached hydrogens (primary N) is 1. The Morgan fingerprint density at radius 2 is 1.89 bits per heavy atom. The molecule has 0 saturated carbocycles. The molecule has 150 valence electrons. The van der Waals surface area contributed by atoms with E-state index in [-0.39, 0.29) is 23.2 Å². The lowest BCUT2D eigenvalue weighted by molar-refractivity contribution is -0.117. The quantitative estimate of drug-likeness (QED) is 0.661. The maximum atomic E-state index is 12.5. The molecule has 3 rings (SSSR count). The maximum Gasteiger partial charge on any atom is 0.262 e. The van der Waals surface area contributed by atoms with Crippen molar-refractivity contribution >= 4 is 39.9 Å². The van der Waals surface area contributed by atoms with Crippen molar-refractivity contribution in [1.29, 1.82) is 0 Å². The molecule has 4 N–H and O–H groups in total. The lowest BCUT2D eigenvalue weighted by Gasteiger charge is -2.13. The highest BCUT2D eigenvalue weighted by Crippen LogP contribution is 2.17. The predicted octanol–water partition coefficient (Wildman–Crippen LogP) is 2.09. The molecule has 7 nitrogen and oxygen atoms in total. The van der Waals surface area contributed by atoms with Gasteiger partial charge in [0.05, 0.1) is 10.9 Å². The molecule has 0 saturated heterocycles. The molecule has 9 heteroatoms. The molecule has 0 unspecified atom stereocenters. The molecule has 1 aliphatic rings. The zero-order chi connectivity index (χ0) is 19.3. The predicted molar refractivity (Wildman–Crippen MR) is 112 cm³/mol. The average Bonchev–Trinajstić information content (AvgIpc) is 3.15. The normalized spacial score (nSPS) is 14.5. The second-order valence-corrected chi connectivity index (χ2v) is 8.03. The largest absolute Gasteiger partial charge is 0.325 e. The van der Waals surface area contributed by atoms with Crippen LogP contribution in [0.5, 0.6) is 0 Å². The van der Waals surface area contributed by atoms with Gasteiger partial charge in [0.25, 0.3) is 10.0 Å². The molecule has 0 bridgehead atoms. The summed E-state index contributed by atoms with van der Waals surface area (Å²) in [6, 6.07) is 14.8. The number of sulfonamides is 1. The molecule has 2 aromatic rings. The van der Waals surface area contributed by atoms with Gasteiger partial charge in [-0.25, -0.2) is 8.42 Å². The van der Waals surface area contributed by atoms with Gasteiger partial charge in [-0.1, -0.05) is 36.4 Å². The van der Waals surface area contributed by atoms with Gasteiger partial charge in [0.1, 0.15) is 5.84 Å². The number of amides is 1. The van der Waals surface area contributed by atoms with Crippen LogP contribution in [-0.2, 0) is 21.2 Å². The zero-order valence-corrected chi connectivity index (χ0v) is 16.8. The van der Waals surface area contributed by atoms with E-state index >= 15 is 0 Å². The van der Waals surface area contributed by atoms with Crippen LogP contribution < -0.4 is 15.8 Å². The van der Waals surface area contributed by atoms with Gasteiger partial charge in [0.15, 0.2) is 0 Å². The van der Waals surface area contributed by atoms with Gasteiger partial charge in [-0.05, 0) is 36.6 Å². The van der Waals surface area contributed by atoms with Crippen molar-refractivity contribution in [2.45, 2.75) is 30.2 Å². The summed E-state index contributed by atoms with van der Waals surface area (Å²) in [5.74, 6) is 0.0934. The van der Waals surface area contributed by atoms with Crippen LogP contribution in [0.3, 0.4) is 0 Å². The van der Waals surface area contributed by atoms with Crippen molar-refractivity contribution in [3.8, 4) is 0 Å². The fourth-order valence-electron chi connectivity index (χ4n) is 2.77. The summed E-state index contributed by atoms with van der Waals surface area (Å²) in [7, 11) is -3.73. The summed E-state index contributed by atoms with van der Waals surface area (Å²) in [6.45, 7) is 0.632. The summed E-state index contributed by atoms with van der Waals surface area (Å²) in [4.78, 5) is 16.5. The molecule has 0 aromatic heterocycles. The maximum absolute atomic E-state index is 12.5. The lowest BCUT2D eigenvalue weighted by atomic mass is 10.1. The number of halogens is 1. The van der Waals surface area contributed by atoms with Crippen LogP contribution in [-0.4, -0.2) is 32.7 Å². The number of amidine groups is 1. The molecule has 1 amide bonds. The zero-order valence-electron chi connectivity index (χ0n) is 15.2. The van der Waals surface area contributed by atoms with Crippen molar-refractivity contribution < 1.29 is 13.2 Å². The van der Waals surface area contributed by atoms with E-state index < -0.39 is 16.1 Å². The fourth-order valence-corrected chi connectivity index (χ4v) is 3.91. The number of benzene rings is 2. The smallest absolute Gasteiger partial charge is 0.262 e. The third kappa shape index (κ3) is 5.79. The fraction of sp³-hybridized carbons (Fsp3) is 0.263. The standard InChI is InChI=1S/C19H22N4O3S.ClH/c20-17(12-14-6-2-1-3-7-14)19(24)22-15-8-4-9-16(13-15)27(25,26)23-18-10-5-11-21-18;/h1-4,6-9,13,17H,5,10-12,20H2,(H,21,23)(H,22,24);1H/t17-;/m0./s1. The Labute approximate surface area is 170 Å². The molecule has 1 aliphatic heterocycles. The second kappa shape index (κ2) is 9.68. The molecule has 28 heavy (non-hydrogen) atoms. The monoisotopic (exact) mass is 422 g/mol. The van der Waals surface area contributed by atoms with Crippen LogP contribution in [0.1, 0.15) is 18.4 Å². The number of nitrogens with zero attached hydrogens (tertiary/aromatic N) is 1. The van der Waals surface area contributed by atoms with E-state index in [1.165, 1.54) is 12.1 Å². The van der Waals surface area contributed by atoms with Gasteiger partial charge in [-0.3, -0.25) is 14.5 Å². The van der Waals surface area contributed by atoms with Crippen LogP contribution >= 0.6 is 12.4 Å². The number of hydrogen-bond acceptors (Lipinski definition) is 5. The van der Waals surface area contributed by atoms with Gasteiger partial charge in [0.2, 0.25) is 5.91 Å². The molecule has 1 heterocycles. The van der Waals surface area contributed by atoms with Gasteiger partial charge in [-0.2, -0.15) is 0 Å². The summed E-state index contributed by atoms with van der Waals surface area (Å²) in [6.07, 6.45) is 1.85. The third-order valence-corrected chi connectivity index (χ3v) is 5.55. The molecular formula is C19H23ClN4O3S. The number of hydrogen-bond donors (Lipinski definition) is 3. The Bertz CT molecular complexity index is 949. The number of aliphatic imine (C=N–C) groups is 1. The van der Waals surface area contributed by atoms with Crippen molar-refractivity contribution in [2.75, 3.05) is 11.9 Å². The van der Waals surface area contributed by atoms with Crippen molar-refractivity contribution in [2.24, 2.45) is 10.7 Å². The minimum absolute atomic E-state index is 0. The SMILES string of the molecule is Cl.N[C@@H](Cc1ccccc1)C(=O)Nc1cccc(S(=O)(=O)NC2=NCCC2)c1. The van der Waals surface area contributed by atoms with Gasteiger partial charge in [0, 0.05) is 18.7 Å². The van der Waals surface area contributed by atoms with E-state index in [9.17, 15) is 13.2 Å². The van der Waals surface area contributed by atoms with Gasteiger partial charge >= 0.3 is 0 Å². The molecule has 0 radical (unpaired) electrons. The van der Waals surface area contributed by atoms with Crippen molar-refractivity contribution in [3.05, 3.63) is 60.2 Å². The van der Waals surface area contributed by atoms with Crippen LogP contribution in [0, 0.1) is 0 Å². The first kappa shape index (κ1) is 21.9. The molecule has 0 fully saturated rings. The van der Waals surface area contributed by atoms with Gasteiger partial charge < -0.3 is 11.1 Å². The average molecular weight is 423 g/mol. The lowest BCUT2D eigenvalue weighted by Crippen LogP contribution is -2.37. The first-order valence-electron chi connectivity index (χ1n) is 8.70. The Morgan fingerprint density at radius 3 is 2.57 bits per heavy atom. The minimum atomic E-state index is -3.73.